The van der Waals surface area contributed by atoms with Crippen LogP contribution in [0.25, 0.3) is 17.1 Å². The van der Waals surface area contributed by atoms with Crippen LogP contribution in [0.1, 0.15) is 18.4 Å². The lowest BCUT2D eigenvalue weighted by Crippen LogP contribution is -1.99. The number of rotatable bonds is 6. The Bertz CT molecular complexity index is 1050. The molecule has 0 aliphatic carbocycles. The molecule has 0 radical (unpaired) electrons. The number of nitrogens with zero attached hydrogens (tertiary/aromatic N) is 6. The maximum Gasteiger partial charge on any atom is 0.237 e. The van der Waals surface area contributed by atoms with E-state index in [1.165, 1.54) is 17.3 Å². The molecular weight excluding hydrogens is 384 g/mol. The van der Waals surface area contributed by atoms with Gasteiger partial charge in [0.1, 0.15) is 0 Å². The SMILES string of the molecule is CCc1ccc(-c2noc(CSc3nnnn3-c3cccc(Cl)c3)n2)cc1. The Balaban J connectivity index is 1.47. The number of aryl methyl sites for hydroxylation is 1. The third-order valence-corrected chi connectivity index (χ3v) is 5.05. The highest BCUT2D eigenvalue weighted by Gasteiger charge is 2.13. The van der Waals surface area contributed by atoms with E-state index in [-0.39, 0.29) is 0 Å². The van der Waals surface area contributed by atoms with E-state index in [0.717, 1.165) is 17.7 Å². The molecule has 0 saturated carbocycles. The molecule has 0 bridgehead atoms. The van der Waals surface area contributed by atoms with E-state index in [2.05, 4.69) is 44.7 Å². The first-order valence-electron chi connectivity index (χ1n) is 8.32. The Hall–Kier alpha value is -2.71. The van der Waals surface area contributed by atoms with Crippen LogP contribution < -0.4 is 0 Å². The third kappa shape index (κ3) is 4.01. The number of hydrogen-bond acceptors (Lipinski definition) is 7. The summed E-state index contributed by atoms with van der Waals surface area (Å²) in [6.45, 7) is 2.12. The summed E-state index contributed by atoms with van der Waals surface area (Å²) in [4.78, 5) is 4.45. The van der Waals surface area contributed by atoms with Crippen molar-refractivity contribution in [3.05, 3.63) is 65.0 Å². The minimum absolute atomic E-state index is 0.459. The molecule has 4 rings (SSSR count). The molecule has 9 heteroatoms. The summed E-state index contributed by atoms with van der Waals surface area (Å²) in [5.74, 6) is 1.54. The average Bonchev–Trinajstić information content (AvgIpc) is 3.36. The van der Waals surface area contributed by atoms with Crippen molar-refractivity contribution in [3.63, 3.8) is 0 Å². The zero-order chi connectivity index (χ0) is 18.6. The quantitative estimate of drug-likeness (QED) is 0.449. The van der Waals surface area contributed by atoms with Crippen LogP contribution in [0.15, 0.2) is 58.2 Å². The van der Waals surface area contributed by atoms with Crippen molar-refractivity contribution in [2.24, 2.45) is 0 Å². The van der Waals surface area contributed by atoms with Crippen LogP contribution in [0.4, 0.5) is 0 Å². The first-order chi connectivity index (χ1) is 13.2. The van der Waals surface area contributed by atoms with Crippen LogP contribution in [0.3, 0.4) is 0 Å². The van der Waals surface area contributed by atoms with E-state index in [1.807, 2.05) is 24.3 Å². The Morgan fingerprint density at radius 3 is 2.78 bits per heavy atom. The van der Waals surface area contributed by atoms with E-state index in [0.29, 0.717) is 27.6 Å². The summed E-state index contributed by atoms with van der Waals surface area (Å²) in [5, 5.41) is 17.1. The summed E-state index contributed by atoms with van der Waals surface area (Å²) in [6, 6.07) is 15.5. The molecule has 2 aromatic carbocycles. The second-order valence-electron chi connectivity index (χ2n) is 5.70. The molecule has 2 aromatic heterocycles. The third-order valence-electron chi connectivity index (χ3n) is 3.91. The maximum absolute atomic E-state index is 6.05. The smallest absolute Gasteiger partial charge is 0.237 e. The van der Waals surface area contributed by atoms with Gasteiger partial charge in [-0.25, -0.2) is 0 Å². The molecule has 136 valence electrons. The van der Waals surface area contributed by atoms with Gasteiger partial charge in [0.05, 0.1) is 11.4 Å². The highest BCUT2D eigenvalue weighted by Crippen LogP contribution is 2.24. The number of benzene rings is 2. The second-order valence-corrected chi connectivity index (χ2v) is 7.08. The molecule has 0 atom stereocenters. The monoisotopic (exact) mass is 398 g/mol. The molecule has 0 unspecified atom stereocenters. The fourth-order valence-electron chi connectivity index (χ4n) is 2.49. The van der Waals surface area contributed by atoms with E-state index in [1.54, 1.807) is 16.8 Å². The van der Waals surface area contributed by atoms with Crippen molar-refractivity contribution < 1.29 is 4.52 Å². The normalized spacial score (nSPS) is 11.0. The standard InChI is InChI=1S/C18H15ClN6OS/c1-2-12-6-8-13(9-7-12)17-20-16(26-22-17)11-27-18-21-23-24-25(18)15-5-3-4-14(19)10-15/h3-10H,2,11H2,1H3. The Kier molecular flexibility index (Phi) is 5.17. The minimum atomic E-state index is 0.459. The summed E-state index contributed by atoms with van der Waals surface area (Å²) >= 11 is 7.45. The van der Waals surface area contributed by atoms with Crippen molar-refractivity contribution in [1.82, 2.24) is 30.3 Å². The van der Waals surface area contributed by atoms with Gasteiger partial charge in [0.2, 0.25) is 16.9 Å². The summed E-state index contributed by atoms with van der Waals surface area (Å²) in [6.07, 6.45) is 0.996. The Morgan fingerprint density at radius 1 is 1.15 bits per heavy atom. The zero-order valence-corrected chi connectivity index (χ0v) is 16.0. The topological polar surface area (TPSA) is 82.5 Å². The molecule has 2 heterocycles. The highest BCUT2D eigenvalue weighted by molar-refractivity contribution is 7.98. The molecule has 0 amide bonds. The number of hydrogen-bond donors (Lipinski definition) is 0. The first kappa shape index (κ1) is 17.7. The molecule has 7 nitrogen and oxygen atoms in total. The molecule has 4 aromatic rings. The number of tetrazole rings is 1. The summed E-state index contributed by atoms with van der Waals surface area (Å²) in [5.41, 5.74) is 2.99. The average molecular weight is 399 g/mol. The molecule has 27 heavy (non-hydrogen) atoms. The fourth-order valence-corrected chi connectivity index (χ4v) is 3.40. The summed E-state index contributed by atoms with van der Waals surface area (Å²) < 4.78 is 6.98. The van der Waals surface area contributed by atoms with Crippen molar-refractivity contribution in [1.29, 1.82) is 0 Å². The van der Waals surface area contributed by atoms with Gasteiger partial charge in [0, 0.05) is 10.6 Å². The predicted molar refractivity (Wildman–Crippen MR) is 103 cm³/mol. The fraction of sp³-hybridized carbons (Fsp3) is 0.167. The minimum Gasteiger partial charge on any atom is -0.338 e. The molecule has 0 aliphatic heterocycles. The zero-order valence-electron chi connectivity index (χ0n) is 14.4. The highest BCUT2D eigenvalue weighted by atomic mass is 35.5. The predicted octanol–water partition coefficient (Wildman–Crippen LogP) is 4.22. The lowest BCUT2D eigenvalue weighted by atomic mass is 10.1. The van der Waals surface area contributed by atoms with E-state index < -0.39 is 0 Å². The van der Waals surface area contributed by atoms with Crippen LogP contribution in [0.2, 0.25) is 5.02 Å². The van der Waals surface area contributed by atoms with Gasteiger partial charge < -0.3 is 4.52 Å². The van der Waals surface area contributed by atoms with Crippen molar-refractivity contribution in [2.75, 3.05) is 0 Å². The summed E-state index contributed by atoms with van der Waals surface area (Å²) in [7, 11) is 0. The van der Waals surface area contributed by atoms with Gasteiger partial charge in [0.15, 0.2) is 0 Å². The molecule has 0 N–H and O–H groups in total. The van der Waals surface area contributed by atoms with Crippen molar-refractivity contribution >= 4 is 23.4 Å². The van der Waals surface area contributed by atoms with Crippen LogP contribution in [-0.2, 0) is 12.2 Å². The van der Waals surface area contributed by atoms with Gasteiger partial charge in [-0.1, -0.05) is 65.8 Å². The first-order valence-corrected chi connectivity index (χ1v) is 9.68. The van der Waals surface area contributed by atoms with Crippen LogP contribution in [0, 0.1) is 0 Å². The van der Waals surface area contributed by atoms with Gasteiger partial charge in [-0.15, -0.1) is 5.10 Å². The largest absolute Gasteiger partial charge is 0.338 e. The van der Waals surface area contributed by atoms with E-state index in [9.17, 15) is 0 Å². The van der Waals surface area contributed by atoms with Gasteiger partial charge >= 0.3 is 0 Å². The number of thioether (sulfide) groups is 1. The van der Waals surface area contributed by atoms with Crippen LogP contribution >= 0.6 is 23.4 Å². The molecular formula is C18H15ClN6OS. The lowest BCUT2D eigenvalue weighted by Gasteiger charge is -2.03. The van der Waals surface area contributed by atoms with Crippen molar-refractivity contribution in [2.45, 2.75) is 24.3 Å². The van der Waals surface area contributed by atoms with Crippen LogP contribution in [0.5, 0.6) is 0 Å². The Labute approximate surface area is 164 Å². The van der Waals surface area contributed by atoms with Gasteiger partial charge in [0.25, 0.3) is 0 Å². The molecule has 0 saturated heterocycles. The second kappa shape index (κ2) is 7.89. The lowest BCUT2D eigenvalue weighted by molar-refractivity contribution is 0.391. The maximum atomic E-state index is 6.05. The van der Waals surface area contributed by atoms with Gasteiger partial charge in [-0.05, 0) is 40.6 Å². The Morgan fingerprint density at radius 2 is 2.00 bits per heavy atom. The van der Waals surface area contributed by atoms with Gasteiger partial charge in [-0.3, -0.25) is 0 Å². The molecule has 0 fully saturated rings. The molecule has 0 aliphatic rings. The number of halogens is 1. The van der Waals surface area contributed by atoms with Gasteiger partial charge in [-0.2, -0.15) is 9.67 Å². The van der Waals surface area contributed by atoms with E-state index in [4.69, 9.17) is 16.1 Å². The van der Waals surface area contributed by atoms with E-state index >= 15 is 0 Å². The van der Waals surface area contributed by atoms with Crippen LogP contribution in [-0.4, -0.2) is 30.3 Å². The molecule has 0 spiro atoms. The van der Waals surface area contributed by atoms with Crippen molar-refractivity contribution in [3.8, 4) is 17.1 Å². The number of aromatic nitrogens is 6.